The topological polar surface area (TPSA) is 52.6 Å². The van der Waals surface area contributed by atoms with Gasteiger partial charge in [0.05, 0.1) is 0 Å². The minimum Gasteiger partial charge on any atom is -0.550 e. The third kappa shape index (κ3) is 5.97. The van der Waals surface area contributed by atoms with Crippen molar-refractivity contribution in [2.75, 3.05) is 18.0 Å². The van der Waals surface area contributed by atoms with Gasteiger partial charge in [-0.3, -0.25) is 0 Å². The fraction of sp³-hybridized carbons (Fsp3) is 0.409. The Labute approximate surface area is 188 Å². The van der Waals surface area contributed by atoms with E-state index in [4.69, 9.17) is 4.74 Å². The van der Waals surface area contributed by atoms with Gasteiger partial charge in [-0.2, -0.15) is 0 Å². The van der Waals surface area contributed by atoms with Crippen molar-refractivity contribution in [2.24, 2.45) is 0 Å². The average molecular weight is 393 g/mol. The molecule has 0 spiro atoms. The van der Waals surface area contributed by atoms with Crippen molar-refractivity contribution in [1.29, 1.82) is 0 Å². The molecule has 0 amide bonds. The summed E-state index contributed by atoms with van der Waals surface area (Å²) >= 11 is 0. The van der Waals surface area contributed by atoms with Gasteiger partial charge in [0.15, 0.2) is 0 Å². The summed E-state index contributed by atoms with van der Waals surface area (Å²) in [6.07, 6.45) is 3.32. The van der Waals surface area contributed by atoms with Crippen LogP contribution in [0, 0.1) is 5.82 Å². The molecule has 0 atom stereocenters. The number of hydrogen-bond acceptors (Lipinski definition) is 4. The molecule has 144 valence electrons. The molecule has 28 heavy (non-hydrogen) atoms. The van der Waals surface area contributed by atoms with Crippen LogP contribution in [0.4, 0.5) is 10.1 Å². The maximum absolute atomic E-state index is 14.1. The molecule has 4 nitrogen and oxygen atoms in total. The summed E-state index contributed by atoms with van der Waals surface area (Å²) in [6, 6.07) is 11.0. The Morgan fingerprint density at radius 1 is 1.25 bits per heavy atom. The van der Waals surface area contributed by atoms with E-state index in [-0.39, 0.29) is 49.0 Å². The number of aryl methyl sites for hydroxylation is 2. The molecule has 0 unspecified atom stereocenters. The molecule has 0 aromatic heterocycles. The second kappa shape index (κ2) is 10.8. The van der Waals surface area contributed by atoms with Crippen LogP contribution in [-0.2, 0) is 24.2 Å². The van der Waals surface area contributed by atoms with Crippen LogP contribution >= 0.6 is 0 Å². The van der Waals surface area contributed by atoms with E-state index < -0.39 is 11.8 Å². The van der Waals surface area contributed by atoms with Crippen molar-refractivity contribution in [3.63, 3.8) is 0 Å². The number of carboxylic acid groups (broad SMARTS) is 1. The van der Waals surface area contributed by atoms with Crippen molar-refractivity contribution in [1.82, 2.24) is 0 Å². The Kier molecular flexibility index (Phi) is 8.80. The first-order valence-corrected chi connectivity index (χ1v) is 9.54. The summed E-state index contributed by atoms with van der Waals surface area (Å²) in [5.41, 5.74) is 3.69. The van der Waals surface area contributed by atoms with Crippen LogP contribution in [0.1, 0.15) is 42.9 Å². The third-order valence-corrected chi connectivity index (χ3v) is 4.89. The number of carbonyl (C=O) groups excluding carboxylic acids is 1. The Hall–Kier alpha value is -1.56. The number of carbonyl (C=O) groups is 1. The van der Waals surface area contributed by atoms with Crippen molar-refractivity contribution in [3.8, 4) is 5.75 Å². The van der Waals surface area contributed by atoms with Gasteiger partial charge in [-0.1, -0.05) is 25.1 Å². The van der Waals surface area contributed by atoms with Crippen LogP contribution in [0.15, 0.2) is 36.4 Å². The number of carboxylic acids is 1. The van der Waals surface area contributed by atoms with Gasteiger partial charge in [0, 0.05) is 30.8 Å². The van der Waals surface area contributed by atoms with Gasteiger partial charge in [-0.25, -0.2) is 4.39 Å². The standard InChI is InChI=1S/C22H26FNO3.Na/c1-2-11-24-12-3-4-18-7-9-19(14-21(18)24)27-15-16-5-6-17(20(23)13-16)8-10-22(25)26;/h5-7,9,13-14H,2-4,8,10-12,15H2,1H3,(H,25,26);/q;+1/p-1. The molecule has 0 saturated carbocycles. The molecule has 2 aromatic rings. The Morgan fingerprint density at radius 3 is 2.79 bits per heavy atom. The number of nitrogens with zero attached hydrogens (tertiary/aromatic N) is 1. The van der Waals surface area contributed by atoms with Crippen LogP contribution in [0.25, 0.3) is 0 Å². The molecule has 1 heterocycles. The molecule has 0 saturated heterocycles. The largest absolute Gasteiger partial charge is 1.00 e. The van der Waals surface area contributed by atoms with Gasteiger partial charge < -0.3 is 19.5 Å². The molecule has 1 aliphatic rings. The molecule has 0 aliphatic carbocycles. The van der Waals surface area contributed by atoms with E-state index >= 15 is 0 Å². The minimum atomic E-state index is -1.17. The van der Waals surface area contributed by atoms with Crippen LogP contribution in [0.5, 0.6) is 5.75 Å². The van der Waals surface area contributed by atoms with E-state index in [1.165, 1.54) is 23.7 Å². The van der Waals surface area contributed by atoms with Crippen molar-refractivity contribution < 1.29 is 48.6 Å². The van der Waals surface area contributed by atoms with Gasteiger partial charge >= 0.3 is 29.6 Å². The van der Waals surface area contributed by atoms with Crippen LogP contribution < -0.4 is 44.3 Å². The van der Waals surface area contributed by atoms with Crippen LogP contribution in [0.3, 0.4) is 0 Å². The number of benzene rings is 2. The summed E-state index contributed by atoms with van der Waals surface area (Å²) in [6.45, 7) is 4.56. The maximum atomic E-state index is 14.1. The predicted molar refractivity (Wildman–Crippen MR) is 101 cm³/mol. The number of anilines is 1. The number of fused-ring (bicyclic) bond motifs is 1. The van der Waals surface area contributed by atoms with Crippen LogP contribution in [-0.4, -0.2) is 19.1 Å². The van der Waals surface area contributed by atoms with Crippen molar-refractivity contribution in [3.05, 3.63) is 58.9 Å². The first-order valence-electron chi connectivity index (χ1n) is 9.54. The zero-order valence-electron chi connectivity index (χ0n) is 16.7. The van der Waals surface area contributed by atoms with E-state index in [1.807, 2.05) is 6.07 Å². The molecular weight excluding hydrogens is 368 g/mol. The van der Waals surface area contributed by atoms with Gasteiger partial charge in [-0.15, -0.1) is 0 Å². The first-order chi connectivity index (χ1) is 13.1. The molecule has 0 bridgehead atoms. The molecule has 1 aliphatic heterocycles. The number of hydrogen-bond donors (Lipinski definition) is 0. The van der Waals surface area contributed by atoms with E-state index in [2.05, 4.69) is 24.0 Å². The number of aliphatic carboxylic acids is 1. The van der Waals surface area contributed by atoms with Gasteiger partial charge in [0.25, 0.3) is 0 Å². The zero-order chi connectivity index (χ0) is 19.2. The van der Waals surface area contributed by atoms with Crippen molar-refractivity contribution >= 4 is 11.7 Å². The Balaban J connectivity index is 0.00000280. The molecule has 3 rings (SSSR count). The average Bonchev–Trinajstić information content (AvgIpc) is 2.66. The molecular formula is C22H25FNNaO3. The molecule has 0 radical (unpaired) electrons. The third-order valence-electron chi connectivity index (χ3n) is 4.89. The first kappa shape index (κ1) is 22.7. The SMILES string of the molecule is CCCN1CCCc2ccc(OCc3ccc(CCC(=O)[O-])c(F)c3)cc21.[Na+]. The summed E-state index contributed by atoms with van der Waals surface area (Å²) in [4.78, 5) is 12.9. The summed E-state index contributed by atoms with van der Waals surface area (Å²) in [7, 11) is 0. The second-order valence-corrected chi connectivity index (χ2v) is 6.97. The quantitative estimate of drug-likeness (QED) is 0.604. The molecule has 0 fully saturated rings. The Bertz CT molecular complexity index is 812. The molecule has 6 heteroatoms. The van der Waals surface area contributed by atoms with Gasteiger partial charge in [0.2, 0.25) is 0 Å². The minimum absolute atomic E-state index is 0. The fourth-order valence-electron chi connectivity index (χ4n) is 3.51. The summed E-state index contributed by atoms with van der Waals surface area (Å²) < 4.78 is 20.0. The smallest absolute Gasteiger partial charge is 0.550 e. The number of rotatable bonds is 8. The van der Waals surface area contributed by atoms with Gasteiger partial charge in [-0.05, 0) is 60.9 Å². The van der Waals surface area contributed by atoms with E-state index in [9.17, 15) is 14.3 Å². The number of halogens is 1. The predicted octanol–water partition coefficient (Wildman–Crippen LogP) is 0.254. The van der Waals surface area contributed by atoms with E-state index in [0.29, 0.717) is 11.1 Å². The summed E-state index contributed by atoms with van der Waals surface area (Å²) in [5.74, 6) is -0.804. The molecule has 2 aromatic carbocycles. The summed E-state index contributed by atoms with van der Waals surface area (Å²) in [5, 5.41) is 10.5. The normalized spacial score (nSPS) is 12.9. The van der Waals surface area contributed by atoms with Gasteiger partial charge in [0.1, 0.15) is 18.2 Å². The van der Waals surface area contributed by atoms with Crippen molar-refractivity contribution in [2.45, 2.75) is 45.6 Å². The molecule has 0 N–H and O–H groups in total. The zero-order valence-corrected chi connectivity index (χ0v) is 18.7. The van der Waals surface area contributed by atoms with E-state index in [1.54, 1.807) is 12.1 Å². The van der Waals surface area contributed by atoms with Crippen LogP contribution in [0.2, 0.25) is 0 Å². The monoisotopic (exact) mass is 393 g/mol. The fourth-order valence-corrected chi connectivity index (χ4v) is 3.51. The second-order valence-electron chi connectivity index (χ2n) is 6.97. The number of ether oxygens (including phenoxy) is 1. The van der Waals surface area contributed by atoms with E-state index in [0.717, 1.165) is 31.7 Å². The Morgan fingerprint density at radius 2 is 2.07 bits per heavy atom. The maximum Gasteiger partial charge on any atom is 1.00 e.